The fourth-order valence-corrected chi connectivity index (χ4v) is 2.49. The maximum absolute atomic E-state index is 4.72. The van der Waals surface area contributed by atoms with Crippen LogP contribution in [0.25, 0.3) is 0 Å². The lowest BCUT2D eigenvalue weighted by molar-refractivity contribution is 0.478. The van der Waals surface area contributed by atoms with Crippen LogP contribution in [0.15, 0.2) is 0 Å². The average molecular weight is 262 g/mol. The van der Waals surface area contributed by atoms with E-state index in [0.717, 1.165) is 31.2 Å². The Labute approximate surface area is 116 Å². The second-order valence-corrected chi connectivity index (χ2v) is 5.70. The zero-order valence-electron chi connectivity index (χ0n) is 12.6. The molecule has 106 valence electrons. The molecule has 2 rings (SSSR count). The molecule has 0 saturated carbocycles. The molecule has 2 N–H and O–H groups in total. The summed E-state index contributed by atoms with van der Waals surface area (Å²) in [4.78, 5) is 9.40. The Bertz CT molecular complexity index is 422. The molecule has 0 bridgehead atoms. The molecular weight excluding hydrogens is 236 g/mol. The Morgan fingerprint density at radius 3 is 2.74 bits per heavy atom. The Balaban J connectivity index is 2.24. The van der Waals surface area contributed by atoms with Gasteiger partial charge in [0.25, 0.3) is 0 Å². The number of piperidine rings is 1. The van der Waals surface area contributed by atoms with E-state index < -0.39 is 0 Å². The number of anilines is 1. The Morgan fingerprint density at radius 1 is 1.37 bits per heavy atom. The highest BCUT2D eigenvalue weighted by Gasteiger charge is 2.17. The van der Waals surface area contributed by atoms with Gasteiger partial charge in [0, 0.05) is 29.8 Å². The van der Waals surface area contributed by atoms with Gasteiger partial charge >= 0.3 is 0 Å². The fourth-order valence-electron chi connectivity index (χ4n) is 2.49. The van der Waals surface area contributed by atoms with Crippen LogP contribution in [-0.2, 0) is 6.42 Å². The molecule has 19 heavy (non-hydrogen) atoms. The van der Waals surface area contributed by atoms with E-state index in [0.29, 0.717) is 12.0 Å². The van der Waals surface area contributed by atoms with Gasteiger partial charge in [0.1, 0.15) is 11.6 Å². The summed E-state index contributed by atoms with van der Waals surface area (Å²) in [6.07, 6.45) is 3.42. The number of hydrogen-bond acceptors (Lipinski definition) is 4. The predicted molar refractivity (Wildman–Crippen MR) is 79.8 cm³/mol. The lowest BCUT2D eigenvalue weighted by atomic mass is 10.1. The fraction of sp³-hybridized carbons (Fsp3) is 0.733. The lowest BCUT2D eigenvalue weighted by Gasteiger charge is -2.25. The van der Waals surface area contributed by atoms with Gasteiger partial charge in [-0.2, -0.15) is 0 Å². The minimum absolute atomic E-state index is 0.371. The van der Waals surface area contributed by atoms with E-state index in [4.69, 9.17) is 4.98 Å². The molecular formula is C15H26N4. The number of aromatic nitrogens is 2. The second kappa shape index (κ2) is 6.33. The highest BCUT2D eigenvalue weighted by atomic mass is 15.1. The first-order chi connectivity index (χ1) is 9.11. The maximum atomic E-state index is 4.72. The minimum Gasteiger partial charge on any atom is -0.366 e. The molecule has 1 fully saturated rings. The summed E-state index contributed by atoms with van der Waals surface area (Å²) in [7, 11) is 0. The zero-order valence-corrected chi connectivity index (χ0v) is 12.6. The third kappa shape index (κ3) is 3.44. The standard InChI is InChI=1S/C15H26N4/c1-5-13-11(4)15(19-14(18-13)10(2)3)17-12-7-6-8-16-9-12/h10,12,16H,5-9H2,1-4H3,(H,17,18,19). The van der Waals surface area contributed by atoms with E-state index >= 15 is 0 Å². The molecule has 0 aromatic carbocycles. The van der Waals surface area contributed by atoms with Crippen molar-refractivity contribution in [1.82, 2.24) is 15.3 Å². The molecule has 1 aliphatic rings. The van der Waals surface area contributed by atoms with Crippen LogP contribution >= 0.6 is 0 Å². The van der Waals surface area contributed by atoms with Crippen LogP contribution in [0.3, 0.4) is 0 Å². The molecule has 1 atom stereocenters. The van der Waals surface area contributed by atoms with Crippen molar-refractivity contribution in [3.8, 4) is 0 Å². The third-order valence-electron chi connectivity index (χ3n) is 3.75. The maximum Gasteiger partial charge on any atom is 0.133 e. The quantitative estimate of drug-likeness (QED) is 0.876. The van der Waals surface area contributed by atoms with Gasteiger partial charge < -0.3 is 10.6 Å². The molecule has 0 spiro atoms. The summed E-state index contributed by atoms with van der Waals surface area (Å²) in [5.74, 6) is 2.36. The lowest BCUT2D eigenvalue weighted by Crippen LogP contribution is -2.39. The number of hydrogen-bond donors (Lipinski definition) is 2. The van der Waals surface area contributed by atoms with Gasteiger partial charge in [-0.05, 0) is 32.7 Å². The van der Waals surface area contributed by atoms with Gasteiger partial charge in [0.05, 0.1) is 0 Å². The number of aryl methyl sites for hydroxylation is 1. The largest absolute Gasteiger partial charge is 0.366 e. The van der Waals surface area contributed by atoms with Gasteiger partial charge in [0.15, 0.2) is 0 Å². The van der Waals surface area contributed by atoms with Crippen LogP contribution in [0.2, 0.25) is 0 Å². The van der Waals surface area contributed by atoms with Crippen molar-refractivity contribution < 1.29 is 0 Å². The van der Waals surface area contributed by atoms with E-state index in [9.17, 15) is 0 Å². The van der Waals surface area contributed by atoms with Crippen LogP contribution < -0.4 is 10.6 Å². The predicted octanol–water partition coefficient (Wildman–Crippen LogP) is 2.63. The highest BCUT2D eigenvalue weighted by Crippen LogP contribution is 2.21. The normalized spacial score (nSPS) is 19.7. The summed E-state index contributed by atoms with van der Waals surface area (Å²) in [6.45, 7) is 10.7. The molecule has 1 saturated heterocycles. The van der Waals surface area contributed by atoms with Crippen LogP contribution in [-0.4, -0.2) is 29.1 Å². The summed E-state index contributed by atoms with van der Waals surface area (Å²) in [5, 5.41) is 7.04. The van der Waals surface area contributed by atoms with E-state index in [1.165, 1.54) is 24.1 Å². The summed E-state index contributed by atoms with van der Waals surface area (Å²) in [6, 6.07) is 0.493. The van der Waals surface area contributed by atoms with Crippen LogP contribution in [0.1, 0.15) is 56.6 Å². The Kier molecular flexibility index (Phi) is 4.75. The van der Waals surface area contributed by atoms with E-state index in [1.54, 1.807) is 0 Å². The topological polar surface area (TPSA) is 49.8 Å². The van der Waals surface area contributed by atoms with Crippen molar-refractivity contribution in [1.29, 1.82) is 0 Å². The first kappa shape index (κ1) is 14.3. The van der Waals surface area contributed by atoms with E-state index in [2.05, 4.69) is 43.3 Å². The molecule has 1 aromatic heterocycles. The number of nitrogens with one attached hydrogen (secondary N) is 2. The third-order valence-corrected chi connectivity index (χ3v) is 3.75. The van der Waals surface area contributed by atoms with Crippen molar-refractivity contribution >= 4 is 5.82 Å². The molecule has 0 amide bonds. The van der Waals surface area contributed by atoms with Crippen molar-refractivity contribution in [2.24, 2.45) is 0 Å². The molecule has 4 nitrogen and oxygen atoms in total. The average Bonchev–Trinajstić information content (AvgIpc) is 2.42. The second-order valence-electron chi connectivity index (χ2n) is 5.70. The first-order valence-electron chi connectivity index (χ1n) is 7.46. The molecule has 1 aliphatic heterocycles. The van der Waals surface area contributed by atoms with Gasteiger partial charge in [-0.3, -0.25) is 0 Å². The summed E-state index contributed by atoms with van der Waals surface area (Å²) in [5.41, 5.74) is 2.38. The highest BCUT2D eigenvalue weighted by molar-refractivity contribution is 5.47. The van der Waals surface area contributed by atoms with Gasteiger partial charge in [-0.15, -0.1) is 0 Å². The minimum atomic E-state index is 0.371. The van der Waals surface area contributed by atoms with Gasteiger partial charge in [-0.1, -0.05) is 20.8 Å². The number of nitrogens with zero attached hydrogens (tertiary/aromatic N) is 2. The molecule has 1 aromatic rings. The van der Waals surface area contributed by atoms with Gasteiger partial charge in [0.2, 0.25) is 0 Å². The zero-order chi connectivity index (χ0) is 13.8. The van der Waals surface area contributed by atoms with Crippen LogP contribution in [0.5, 0.6) is 0 Å². The summed E-state index contributed by atoms with van der Waals surface area (Å²) >= 11 is 0. The Morgan fingerprint density at radius 2 is 2.16 bits per heavy atom. The van der Waals surface area contributed by atoms with E-state index in [1.807, 2.05) is 0 Å². The number of rotatable bonds is 4. The van der Waals surface area contributed by atoms with Gasteiger partial charge in [-0.25, -0.2) is 9.97 Å². The van der Waals surface area contributed by atoms with Crippen LogP contribution in [0, 0.1) is 6.92 Å². The van der Waals surface area contributed by atoms with Crippen molar-refractivity contribution in [3.05, 3.63) is 17.1 Å². The van der Waals surface area contributed by atoms with Crippen molar-refractivity contribution in [3.63, 3.8) is 0 Å². The summed E-state index contributed by atoms with van der Waals surface area (Å²) < 4.78 is 0. The molecule has 0 aliphatic carbocycles. The molecule has 0 radical (unpaired) electrons. The monoisotopic (exact) mass is 262 g/mol. The Hall–Kier alpha value is -1.16. The van der Waals surface area contributed by atoms with Crippen LogP contribution in [0.4, 0.5) is 5.82 Å². The first-order valence-corrected chi connectivity index (χ1v) is 7.46. The SMILES string of the molecule is CCc1nc(C(C)C)nc(NC2CCCNC2)c1C. The molecule has 2 heterocycles. The van der Waals surface area contributed by atoms with Crippen molar-refractivity contribution in [2.75, 3.05) is 18.4 Å². The molecule has 1 unspecified atom stereocenters. The molecule has 4 heteroatoms. The van der Waals surface area contributed by atoms with Crippen molar-refractivity contribution in [2.45, 2.75) is 58.9 Å². The smallest absolute Gasteiger partial charge is 0.133 e. The van der Waals surface area contributed by atoms with E-state index in [-0.39, 0.29) is 0 Å².